The zero-order valence-electron chi connectivity index (χ0n) is 13.5. The Balaban J connectivity index is 1.87. The third kappa shape index (κ3) is 4.53. The molecular formula is C14H12Cl3N3O5S2. The van der Waals surface area contributed by atoms with Gasteiger partial charge in [-0.3, -0.25) is 0 Å². The number of esters is 1. The number of rotatable bonds is 5. The lowest BCUT2D eigenvalue weighted by molar-refractivity contribution is 0.0467. The molecule has 2 aromatic rings. The van der Waals surface area contributed by atoms with Crippen LogP contribution in [0.15, 0.2) is 17.0 Å². The summed E-state index contributed by atoms with van der Waals surface area (Å²) in [5.41, 5.74) is 0.161. The van der Waals surface area contributed by atoms with Crippen LogP contribution in [0, 0.1) is 0 Å². The quantitative estimate of drug-likeness (QED) is 0.617. The SMILES string of the molecule is O=C(OCc1nnsc1Cl)c1cc(S(=O)(=O)N2CCOCC2)c(Cl)cc1Cl. The van der Waals surface area contributed by atoms with Crippen molar-refractivity contribution in [2.45, 2.75) is 11.5 Å². The van der Waals surface area contributed by atoms with Gasteiger partial charge < -0.3 is 9.47 Å². The van der Waals surface area contributed by atoms with Crippen LogP contribution in [0.1, 0.15) is 16.1 Å². The lowest BCUT2D eigenvalue weighted by Gasteiger charge is -2.26. The second kappa shape index (κ2) is 8.56. The van der Waals surface area contributed by atoms with Crippen LogP contribution in [-0.2, 0) is 26.1 Å². The highest BCUT2D eigenvalue weighted by Crippen LogP contribution is 2.31. The third-order valence-corrected chi connectivity index (χ3v) is 7.34. The topological polar surface area (TPSA) is 98.7 Å². The number of sulfonamides is 1. The van der Waals surface area contributed by atoms with Gasteiger partial charge in [-0.25, -0.2) is 13.2 Å². The van der Waals surface area contributed by atoms with Gasteiger partial charge in [0.15, 0.2) is 0 Å². The highest BCUT2D eigenvalue weighted by atomic mass is 35.5. The van der Waals surface area contributed by atoms with E-state index in [2.05, 4.69) is 9.59 Å². The maximum atomic E-state index is 12.8. The largest absolute Gasteiger partial charge is 0.455 e. The van der Waals surface area contributed by atoms with E-state index in [1.54, 1.807) is 0 Å². The monoisotopic (exact) mass is 471 g/mol. The standard InChI is InChI=1S/C14H12Cl3N3O5S2/c15-9-6-10(16)12(27(22,23)20-1-3-24-4-2-20)5-8(9)14(21)25-7-11-13(17)26-19-18-11/h5-6H,1-4,7H2. The molecule has 0 spiro atoms. The number of carbonyl (C=O) groups excluding carboxylic acids is 1. The molecule has 1 aromatic heterocycles. The first-order valence-electron chi connectivity index (χ1n) is 7.51. The van der Waals surface area contributed by atoms with Gasteiger partial charge in [-0.1, -0.05) is 39.3 Å². The Morgan fingerprint density at radius 1 is 1.22 bits per heavy atom. The second-order valence-corrected chi connectivity index (χ2v) is 9.43. The van der Waals surface area contributed by atoms with E-state index < -0.39 is 16.0 Å². The average Bonchev–Trinajstić information content (AvgIpc) is 3.05. The van der Waals surface area contributed by atoms with Crippen LogP contribution < -0.4 is 0 Å². The molecule has 1 aliphatic heterocycles. The van der Waals surface area contributed by atoms with E-state index in [-0.39, 0.29) is 53.4 Å². The number of benzene rings is 1. The van der Waals surface area contributed by atoms with Crippen LogP contribution in [-0.4, -0.2) is 54.6 Å². The number of hydrogen-bond acceptors (Lipinski definition) is 8. The molecule has 1 saturated heterocycles. The van der Waals surface area contributed by atoms with Gasteiger partial charge in [-0.05, 0) is 12.1 Å². The Morgan fingerprint density at radius 3 is 2.56 bits per heavy atom. The van der Waals surface area contributed by atoms with Gasteiger partial charge in [0, 0.05) is 24.6 Å². The van der Waals surface area contributed by atoms with E-state index in [1.807, 2.05) is 0 Å². The van der Waals surface area contributed by atoms with Crippen molar-refractivity contribution < 1.29 is 22.7 Å². The van der Waals surface area contributed by atoms with Crippen LogP contribution in [0.3, 0.4) is 0 Å². The first kappa shape index (κ1) is 20.7. The molecule has 0 N–H and O–H groups in total. The summed E-state index contributed by atoms with van der Waals surface area (Å²) in [7, 11) is -3.92. The van der Waals surface area contributed by atoms with Crippen LogP contribution >= 0.6 is 46.3 Å². The van der Waals surface area contributed by atoms with Gasteiger partial charge in [0.2, 0.25) is 10.0 Å². The molecule has 0 unspecified atom stereocenters. The van der Waals surface area contributed by atoms with Crippen molar-refractivity contribution in [2.24, 2.45) is 0 Å². The lowest BCUT2D eigenvalue weighted by Crippen LogP contribution is -2.40. The predicted molar refractivity (Wildman–Crippen MR) is 100 cm³/mol. The highest BCUT2D eigenvalue weighted by Gasteiger charge is 2.30. The minimum absolute atomic E-state index is 0.0339. The van der Waals surface area contributed by atoms with E-state index >= 15 is 0 Å². The Labute approximate surface area is 174 Å². The van der Waals surface area contributed by atoms with E-state index in [9.17, 15) is 13.2 Å². The Bertz CT molecular complexity index is 961. The van der Waals surface area contributed by atoms with Crippen molar-refractivity contribution in [3.63, 3.8) is 0 Å². The summed E-state index contributed by atoms with van der Waals surface area (Å²) in [5.74, 6) is -0.834. The summed E-state index contributed by atoms with van der Waals surface area (Å²) in [6, 6.07) is 2.31. The first-order valence-corrected chi connectivity index (χ1v) is 10.9. The smallest absolute Gasteiger partial charge is 0.340 e. The van der Waals surface area contributed by atoms with Gasteiger partial charge in [0.05, 0.1) is 28.8 Å². The van der Waals surface area contributed by atoms with Gasteiger partial charge in [-0.15, -0.1) is 5.10 Å². The second-order valence-electron chi connectivity index (χ2n) is 5.35. The van der Waals surface area contributed by atoms with Gasteiger partial charge in [0.1, 0.15) is 21.5 Å². The third-order valence-electron chi connectivity index (χ3n) is 3.68. The summed E-state index contributed by atoms with van der Waals surface area (Å²) < 4.78 is 41.1. The molecule has 0 amide bonds. The van der Waals surface area contributed by atoms with Gasteiger partial charge >= 0.3 is 5.97 Å². The number of nitrogens with zero attached hydrogens (tertiary/aromatic N) is 3. The van der Waals surface area contributed by atoms with Crippen molar-refractivity contribution in [3.8, 4) is 0 Å². The Morgan fingerprint density at radius 2 is 1.93 bits per heavy atom. The van der Waals surface area contributed by atoms with Crippen molar-refractivity contribution in [1.82, 2.24) is 13.9 Å². The van der Waals surface area contributed by atoms with E-state index in [1.165, 1.54) is 10.4 Å². The molecule has 1 fully saturated rings. The number of halogens is 3. The van der Waals surface area contributed by atoms with Crippen LogP contribution in [0.5, 0.6) is 0 Å². The van der Waals surface area contributed by atoms with Crippen molar-refractivity contribution in [1.29, 1.82) is 0 Å². The fourth-order valence-corrected chi connectivity index (χ4v) is 5.14. The average molecular weight is 473 g/mol. The van der Waals surface area contributed by atoms with Crippen LogP contribution in [0.4, 0.5) is 0 Å². The Hall–Kier alpha value is -1.01. The predicted octanol–water partition coefficient (Wildman–Crippen LogP) is 2.88. The van der Waals surface area contributed by atoms with Gasteiger partial charge in [-0.2, -0.15) is 4.31 Å². The van der Waals surface area contributed by atoms with E-state index in [0.29, 0.717) is 10.0 Å². The molecule has 0 saturated carbocycles. The van der Waals surface area contributed by atoms with E-state index in [4.69, 9.17) is 44.3 Å². The molecular weight excluding hydrogens is 461 g/mol. The molecule has 8 nitrogen and oxygen atoms in total. The summed E-state index contributed by atoms with van der Waals surface area (Å²) in [6.45, 7) is 0.717. The number of hydrogen-bond donors (Lipinski definition) is 0. The maximum absolute atomic E-state index is 12.8. The van der Waals surface area contributed by atoms with Gasteiger partial charge in [0.25, 0.3) is 0 Å². The fraction of sp³-hybridized carbons (Fsp3) is 0.357. The molecule has 3 rings (SSSR count). The zero-order chi connectivity index (χ0) is 19.6. The molecule has 27 heavy (non-hydrogen) atoms. The molecule has 146 valence electrons. The van der Waals surface area contributed by atoms with Crippen LogP contribution in [0.25, 0.3) is 0 Å². The summed E-state index contributed by atoms with van der Waals surface area (Å²) in [4.78, 5) is 12.1. The molecule has 0 aliphatic carbocycles. The van der Waals surface area contributed by atoms with E-state index in [0.717, 1.165) is 17.6 Å². The lowest BCUT2D eigenvalue weighted by atomic mass is 10.2. The zero-order valence-corrected chi connectivity index (χ0v) is 17.4. The molecule has 13 heteroatoms. The number of ether oxygens (including phenoxy) is 2. The van der Waals surface area contributed by atoms with Crippen LogP contribution in [0.2, 0.25) is 14.4 Å². The molecule has 0 radical (unpaired) electrons. The molecule has 0 atom stereocenters. The number of aromatic nitrogens is 2. The molecule has 0 bridgehead atoms. The number of morpholine rings is 1. The summed E-state index contributed by atoms with van der Waals surface area (Å²) in [5, 5.41) is 3.60. The van der Waals surface area contributed by atoms with Crippen molar-refractivity contribution in [2.75, 3.05) is 26.3 Å². The first-order chi connectivity index (χ1) is 12.8. The maximum Gasteiger partial charge on any atom is 0.340 e. The molecule has 2 heterocycles. The normalized spacial score (nSPS) is 15.7. The summed E-state index contributed by atoms with van der Waals surface area (Å²) >= 11 is 18.9. The fourth-order valence-electron chi connectivity index (χ4n) is 2.30. The summed E-state index contributed by atoms with van der Waals surface area (Å²) in [6.07, 6.45) is 0. The highest BCUT2D eigenvalue weighted by molar-refractivity contribution is 7.89. The van der Waals surface area contributed by atoms with Crippen molar-refractivity contribution >= 4 is 62.3 Å². The minimum atomic E-state index is -3.92. The number of carbonyl (C=O) groups is 1. The Kier molecular flexibility index (Phi) is 6.57. The minimum Gasteiger partial charge on any atom is -0.455 e. The molecule has 1 aromatic carbocycles. The van der Waals surface area contributed by atoms with Crippen molar-refractivity contribution in [3.05, 3.63) is 37.8 Å². The molecule has 1 aliphatic rings.